The molecule has 1 aromatic rings. The first-order chi connectivity index (χ1) is 9.25. The van der Waals surface area contributed by atoms with Crippen LogP contribution in [-0.2, 0) is 11.3 Å². The highest BCUT2D eigenvalue weighted by Crippen LogP contribution is 2.12. The van der Waals surface area contributed by atoms with E-state index in [2.05, 4.69) is 33.4 Å². The first-order valence-electron chi connectivity index (χ1n) is 6.98. The van der Waals surface area contributed by atoms with Gasteiger partial charge in [0.1, 0.15) is 0 Å². The summed E-state index contributed by atoms with van der Waals surface area (Å²) in [6.07, 6.45) is 4.12. The van der Waals surface area contributed by atoms with Crippen molar-refractivity contribution in [2.24, 2.45) is 0 Å². The topological polar surface area (TPSA) is 32.3 Å². The van der Waals surface area contributed by atoms with Crippen molar-refractivity contribution in [3.8, 4) is 0 Å². The predicted molar refractivity (Wildman–Crippen MR) is 80.9 cm³/mol. The van der Waals surface area contributed by atoms with Crippen LogP contribution in [-0.4, -0.2) is 30.4 Å². The van der Waals surface area contributed by atoms with Crippen LogP contribution in [0.2, 0.25) is 0 Å². The molecule has 4 heteroatoms. The Labute approximate surface area is 123 Å². The Kier molecular flexibility index (Phi) is 5.86. The van der Waals surface area contributed by atoms with Gasteiger partial charge in [-0.05, 0) is 30.5 Å². The Balaban J connectivity index is 1.70. The molecule has 19 heavy (non-hydrogen) atoms. The summed E-state index contributed by atoms with van der Waals surface area (Å²) in [5, 5.41) is 3.40. The van der Waals surface area contributed by atoms with Gasteiger partial charge in [-0.3, -0.25) is 4.79 Å². The summed E-state index contributed by atoms with van der Waals surface area (Å²) in [4.78, 5) is 13.8. The molecule has 104 valence electrons. The minimum Gasteiger partial charge on any atom is -0.341 e. The fourth-order valence-electron chi connectivity index (χ4n) is 2.37. The van der Waals surface area contributed by atoms with Crippen LogP contribution >= 0.6 is 15.9 Å². The van der Waals surface area contributed by atoms with Gasteiger partial charge in [0.25, 0.3) is 0 Å². The highest BCUT2D eigenvalue weighted by molar-refractivity contribution is 9.10. The number of nitrogens with one attached hydrogen (secondary N) is 1. The molecule has 0 aromatic heterocycles. The Morgan fingerprint density at radius 3 is 3.00 bits per heavy atom. The Bertz CT molecular complexity index is 422. The summed E-state index contributed by atoms with van der Waals surface area (Å²) in [5.41, 5.74) is 1.26. The highest BCUT2D eigenvalue weighted by Gasteiger charge is 2.15. The molecule has 1 amide bonds. The predicted octanol–water partition coefficient (Wildman–Crippen LogP) is 2.94. The molecule has 1 saturated heterocycles. The lowest BCUT2D eigenvalue weighted by Gasteiger charge is -2.20. The second kappa shape index (κ2) is 7.65. The Hall–Kier alpha value is -0.870. The Morgan fingerprint density at radius 1 is 1.26 bits per heavy atom. The molecular formula is C15H21BrN2O. The molecule has 1 aliphatic heterocycles. The first-order valence-corrected chi connectivity index (χ1v) is 7.78. The van der Waals surface area contributed by atoms with Gasteiger partial charge in [0.2, 0.25) is 5.91 Å². The van der Waals surface area contributed by atoms with Crippen molar-refractivity contribution >= 4 is 21.8 Å². The summed E-state index contributed by atoms with van der Waals surface area (Å²) in [5.74, 6) is 0.321. The van der Waals surface area contributed by atoms with Crippen LogP contribution in [0.5, 0.6) is 0 Å². The summed E-state index contributed by atoms with van der Waals surface area (Å²) < 4.78 is 1.11. The van der Waals surface area contributed by atoms with E-state index >= 15 is 0 Å². The van der Waals surface area contributed by atoms with Crippen LogP contribution in [0.15, 0.2) is 28.7 Å². The van der Waals surface area contributed by atoms with Crippen molar-refractivity contribution in [3.05, 3.63) is 34.3 Å². The van der Waals surface area contributed by atoms with E-state index in [0.717, 1.165) is 49.9 Å². The molecule has 1 N–H and O–H groups in total. The van der Waals surface area contributed by atoms with Crippen molar-refractivity contribution in [2.45, 2.75) is 32.2 Å². The van der Waals surface area contributed by atoms with Gasteiger partial charge < -0.3 is 10.2 Å². The molecule has 1 aromatic carbocycles. The van der Waals surface area contributed by atoms with E-state index in [4.69, 9.17) is 0 Å². The molecule has 1 fully saturated rings. The third kappa shape index (κ3) is 4.96. The third-order valence-corrected chi connectivity index (χ3v) is 3.94. The van der Waals surface area contributed by atoms with Crippen molar-refractivity contribution in [1.82, 2.24) is 10.2 Å². The molecule has 2 rings (SSSR count). The zero-order valence-corrected chi connectivity index (χ0v) is 12.8. The molecule has 1 aliphatic rings. The van der Waals surface area contributed by atoms with Gasteiger partial charge in [-0.2, -0.15) is 0 Å². The average molecular weight is 325 g/mol. The minimum atomic E-state index is 0.321. The maximum absolute atomic E-state index is 11.8. The molecule has 3 nitrogen and oxygen atoms in total. The fourth-order valence-corrected chi connectivity index (χ4v) is 2.82. The van der Waals surface area contributed by atoms with Crippen LogP contribution < -0.4 is 5.32 Å². The van der Waals surface area contributed by atoms with Crippen molar-refractivity contribution in [2.75, 3.05) is 19.6 Å². The second-order valence-corrected chi connectivity index (χ2v) is 5.91. The van der Waals surface area contributed by atoms with Crippen molar-refractivity contribution in [3.63, 3.8) is 0 Å². The molecule has 0 unspecified atom stereocenters. The van der Waals surface area contributed by atoms with Gasteiger partial charge in [0, 0.05) is 37.1 Å². The normalized spacial score (nSPS) is 16.5. The van der Waals surface area contributed by atoms with E-state index in [9.17, 15) is 4.79 Å². The zero-order chi connectivity index (χ0) is 13.5. The van der Waals surface area contributed by atoms with Crippen LogP contribution in [0.4, 0.5) is 0 Å². The summed E-state index contributed by atoms with van der Waals surface area (Å²) >= 11 is 3.47. The Morgan fingerprint density at radius 2 is 2.16 bits per heavy atom. The average Bonchev–Trinajstić information content (AvgIpc) is 2.60. The summed E-state index contributed by atoms with van der Waals surface area (Å²) in [6.45, 7) is 3.46. The number of benzene rings is 1. The number of rotatable bonds is 5. The van der Waals surface area contributed by atoms with Crippen molar-refractivity contribution < 1.29 is 4.79 Å². The monoisotopic (exact) mass is 324 g/mol. The lowest BCUT2D eigenvalue weighted by atomic mass is 10.2. The standard InChI is InChI=1S/C15H21BrN2O/c16-14-6-4-5-13(11-14)12-17-8-10-18-9-3-1-2-7-15(18)19/h4-6,11,17H,1-3,7-10,12H2. The number of likely N-dealkylation sites (tertiary alicyclic amines) is 1. The van der Waals surface area contributed by atoms with Crippen LogP contribution in [0.25, 0.3) is 0 Å². The van der Waals surface area contributed by atoms with Crippen LogP contribution in [0.3, 0.4) is 0 Å². The lowest BCUT2D eigenvalue weighted by Crippen LogP contribution is -2.36. The highest BCUT2D eigenvalue weighted by atomic mass is 79.9. The first kappa shape index (κ1) is 14.5. The number of amides is 1. The van der Waals surface area contributed by atoms with Crippen LogP contribution in [0, 0.1) is 0 Å². The molecule has 0 spiro atoms. The second-order valence-electron chi connectivity index (χ2n) is 5.00. The van der Waals surface area contributed by atoms with E-state index in [1.54, 1.807) is 0 Å². The van der Waals surface area contributed by atoms with E-state index in [1.165, 1.54) is 12.0 Å². The molecular weight excluding hydrogens is 304 g/mol. The largest absolute Gasteiger partial charge is 0.341 e. The molecule has 0 saturated carbocycles. The third-order valence-electron chi connectivity index (χ3n) is 3.45. The number of carbonyl (C=O) groups is 1. The number of hydrogen-bond acceptors (Lipinski definition) is 2. The van der Waals surface area contributed by atoms with E-state index in [0.29, 0.717) is 5.91 Å². The lowest BCUT2D eigenvalue weighted by molar-refractivity contribution is -0.130. The van der Waals surface area contributed by atoms with Gasteiger partial charge in [-0.1, -0.05) is 34.5 Å². The van der Waals surface area contributed by atoms with E-state index in [1.807, 2.05) is 17.0 Å². The maximum atomic E-state index is 11.8. The van der Waals surface area contributed by atoms with Gasteiger partial charge in [0.05, 0.1) is 0 Å². The molecule has 0 bridgehead atoms. The van der Waals surface area contributed by atoms with E-state index < -0.39 is 0 Å². The quantitative estimate of drug-likeness (QED) is 0.844. The van der Waals surface area contributed by atoms with E-state index in [-0.39, 0.29) is 0 Å². The minimum absolute atomic E-state index is 0.321. The van der Waals surface area contributed by atoms with Gasteiger partial charge in [-0.15, -0.1) is 0 Å². The van der Waals surface area contributed by atoms with Crippen molar-refractivity contribution in [1.29, 1.82) is 0 Å². The fraction of sp³-hybridized carbons (Fsp3) is 0.533. The van der Waals surface area contributed by atoms with Crippen LogP contribution in [0.1, 0.15) is 31.2 Å². The maximum Gasteiger partial charge on any atom is 0.222 e. The SMILES string of the molecule is O=C1CCCCCN1CCNCc1cccc(Br)c1. The summed E-state index contributed by atoms with van der Waals surface area (Å²) in [7, 11) is 0. The summed E-state index contributed by atoms with van der Waals surface area (Å²) in [6, 6.07) is 8.29. The molecule has 0 radical (unpaired) electrons. The number of carbonyl (C=O) groups excluding carboxylic acids is 1. The smallest absolute Gasteiger partial charge is 0.222 e. The molecule has 0 atom stereocenters. The van der Waals surface area contributed by atoms with Gasteiger partial charge in [-0.25, -0.2) is 0 Å². The van der Waals surface area contributed by atoms with Gasteiger partial charge in [0.15, 0.2) is 0 Å². The molecule has 1 heterocycles. The number of nitrogens with zero attached hydrogens (tertiary/aromatic N) is 1. The number of hydrogen-bond donors (Lipinski definition) is 1. The number of halogens is 1. The zero-order valence-electron chi connectivity index (χ0n) is 11.2. The van der Waals surface area contributed by atoms with Gasteiger partial charge >= 0.3 is 0 Å². The molecule has 0 aliphatic carbocycles.